The van der Waals surface area contributed by atoms with Gasteiger partial charge in [-0.3, -0.25) is 4.79 Å². The Morgan fingerprint density at radius 3 is 2.58 bits per heavy atom. The maximum atomic E-state index is 12.4. The van der Waals surface area contributed by atoms with Crippen LogP contribution in [-0.2, 0) is 4.79 Å². The van der Waals surface area contributed by atoms with Crippen molar-refractivity contribution in [2.45, 2.75) is 77.8 Å². The van der Waals surface area contributed by atoms with Crippen LogP contribution in [0.25, 0.3) is 0 Å². The van der Waals surface area contributed by atoms with Crippen molar-refractivity contribution in [1.82, 2.24) is 4.90 Å². The molecule has 0 aromatic heterocycles. The molecule has 19 heavy (non-hydrogen) atoms. The first-order valence-corrected chi connectivity index (χ1v) is 7.94. The zero-order valence-electron chi connectivity index (χ0n) is 13.2. The molecule has 3 heteroatoms. The van der Waals surface area contributed by atoms with Gasteiger partial charge < -0.3 is 10.6 Å². The van der Waals surface area contributed by atoms with Crippen LogP contribution in [0.4, 0.5) is 0 Å². The maximum absolute atomic E-state index is 12.4. The predicted molar refractivity (Wildman–Crippen MR) is 80.9 cm³/mol. The van der Waals surface area contributed by atoms with Crippen LogP contribution in [0.2, 0.25) is 0 Å². The molecule has 1 amide bonds. The van der Waals surface area contributed by atoms with E-state index in [2.05, 4.69) is 13.8 Å². The van der Waals surface area contributed by atoms with Crippen LogP contribution in [0.1, 0.15) is 65.7 Å². The van der Waals surface area contributed by atoms with E-state index in [1.807, 2.05) is 18.9 Å². The van der Waals surface area contributed by atoms with E-state index in [4.69, 9.17) is 5.73 Å². The third-order valence-corrected chi connectivity index (χ3v) is 4.52. The topological polar surface area (TPSA) is 46.3 Å². The van der Waals surface area contributed by atoms with E-state index in [-0.39, 0.29) is 12.0 Å². The van der Waals surface area contributed by atoms with E-state index in [0.29, 0.717) is 11.9 Å². The summed E-state index contributed by atoms with van der Waals surface area (Å²) in [6.07, 6.45) is 7.98. The Morgan fingerprint density at radius 2 is 2.00 bits per heavy atom. The number of hydrogen-bond acceptors (Lipinski definition) is 2. The molecular weight excluding hydrogens is 236 g/mol. The second kappa shape index (κ2) is 7.88. The minimum absolute atomic E-state index is 0.140. The minimum atomic E-state index is 0.140. The van der Waals surface area contributed by atoms with Gasteiger partial charge in [-0.25, -0.2) is 0 Å². The van der Waals surface area contributed by atoms with E-state index in [1.54, 1.807) is 0 Å². The lowest BCUT2D eigenvalue weighted by Crippen LogP contribution is -2.42. The Labute approximate surface area is 118 Å². The molecule has 112 valence electrons. The number of hydrogen-bond donors (Lipinski definition) is 1. The van der Waals surface area contributed by atoms with E-state index >= 15 is 0 Å². The summed E-state index contributed by atoms with van der Waals surface area (Å²) < 4.78 is 0. The fourth-order valence-corrected chi connectivity index (χ4v) is 3.15. The average Bonchev–Trinajstić information content (AvgIpc) is 2.36. The molecule has 1 aliphatic carbocycles. The molecule has 0 heterocycles. The van der Waals surface area contributed by atoms with Gasteiger partial charge in [-0.2, -0.15) is 0 Å². The highest BCUT2D eigenvalue weighted by molar-refractivity contribution is 5.78. The van der Waals surface area contributed by atoms with Gasteiger partial charge in [0.25, 0.3) is 0 Å². The predicted octanol–water partition coefficient (Wildman–Crippen LogP) is 3.18. The van der Waals surface area contributed by atoms with Crippen molar-refractivity contribution in [3.8, 4) is 0 Å². The summed E-state index contributed by atoms with van der Waals surface area (Å²) in [4.78, 5) is 14.4. The molecule has 0 saturated heterocycles. The molecule has 1 saturated carbocycles. The molecule has 2 N–H and O–H groups in total. The van der Waals surface area contributed by atoms with Gasteiger partial charge in [-0.15, -0.1) is 0 Å². The van der Waals surface area contributed by atoms with Crippen molar-refractivity contribution in [2.24, 2.45) is 17.6 Å². The lowest BCUT2D eigenvalue weighted by molar-refractivity contribution is -0.136. The Morgan fingerprint density at radius 1 is 1.32 bits per heavy atom. The molecule has 0 aromatic rings. The van der Waals surface area contributed by atoms with Gasteiger partial charge in [0.1, 0.15) is 0 Å². The fourth-order valence-electron chi connectivity index (χ4n) is 3.15. The Bertz CT molecular complexity index is 278. The summed E-state index contributed by atoms with van der Waals surface area (Å²) in [7, 11) is 1.99. The van der Waals surface area contributed by atoms with E-state index in [0.717, 1.165) is 25.2 Å². The highest BCUT2D eigenvalue weighted by Crippen LogP contribution is 2.27. The van der Waals surface area contributed by atoms with E-state index in [9.17, 15) is 4.79 Å². The van der Waals surface area contributed by atoms with Crippen LogP contribution >= 0.6 is 0 Å². The van der Waals surface area contributed by atoms with Gasteiger partial charge in [0.2, 0.25) is 5.91 Å². The zero-order valence-corrected chi connectivity index (χ0v) is 13.2. The lowest BCUT2D eigenvalue weighted by atomic mass is 9.86. The van der Waals surface area contributed by atoms with Gasteiger partial charge in [-0.1, -0.05) is 33.1 Å². The van der Waals surface area contributed by atoms with E-state index < -0.39 is 0 Å². The summed E-state index contributed by atoms with van der Waals surface area (Å²) in [5, 5.41) is 0. The number of nitrogens with two attached hydrogens (primary N) is 1. The highest BCUT2D eigenvalue weighted by Gasteiger charge is 2.27. The van der Waals surface area contributed by atoms with E-state index in [1.165, 1.54) is 25.7 Å². The smallest absolute Gasteiger partial charge is 0.225 e. The third kappa shape index (κ3) is 5.52. The third-order valence-electron chi connectivity index (χ3n) is 4.52. The summed E-state index contributed by atoms with van der Waals surface area (Å²) in [6, 6.07) is 0.714. The molecule has 1 aliphatic rings. The van der Waals surface area contributed by atoms with Gasteiger partial charge in [0.05, 0.1) is 0 Å². The van der Waals surface area contributed by atoms with Gasteiger partial charge in [0, 0.05) is 25.0 Å². The van der Waals surface area contributed by atoms with Crippen LogP contribution in [0.15, 0.2) is 0 Å². The van der Waals surface area contributed by atoms with Crippen molar-refractivity contribution in [2.75, 3.05) is 7.05 Å². The van der Waals surface area contributed by atoms with Crippen LogP contribution in [0.3, 0.4) is 0 Å². The number of carbonyl (C=O) groups excluding carboxylic acids is 1. The van der Waals surface area contributed by atoms with Crippen LogP contribution < -0.4 is 5.73 Å². The van der Waals surface area contributed by atoms with Crippen molar-refractivity contribution in [3.05, 3.63) is 0 Å². The van der Waals surface area contributed by atoms with Crippen molar-refractivity contribution >= 4 is 5.91 Å². The molecule has 0 bridgehead atoms. The molecule has 1 rings (SSSR count). The van der Waals surface area contributed by atoms with Crippen LogP contribution in [0.5, 0.6) is 0 Å². The Balaban J connectivity index is 2.37. The standard InChI is InChI=1S/C16H32N2O/c1-12-7-5-10-15(11-12)18(4)16(19)13(2)8-6-9-14(3)17/h12-15H,5-11,17H2,1-4H3. The molecule has 0 aromatic carbocycles. The van der Waals surface area contributed by atoms with Gasteiger partial charge >= 0.3 is 0 Å². The summed E-state index contributed by atoms with van der Waals surface area (Å²) >= 11 is 0. The fraction of sp³-hybridized carbons (Fsp3) is 0.938. The Kier molecular flexibility index (Phi) is 6.84. The number of rotatable bonds is 6. The summed E-state index contributed by atoms with van der Waals surface area (Å²) in [5.41, 5.74) is 5.75. The summed E-state index contributed by atoms with van der Waals surface area (Å²) in [5.74, 6) is 1.23. The largest absolute Gasteiger partial charge is 0.343 e. The van der Waals surface area contributed by atoms with Gasteiger partial charge in [-0.05, 0) is 38.5 Å². The van der Waals surface area contributed by atoms with Crippen molar-refractivity contribution in [3.63, 3.8) is 0 Å². The van der Waals surface area contributed by atoms with Crippen molar-refractivity contribution < 1.29 is 4.79 Å². The SMILES string of the molecule is CC(N)CCCC(C)C(=O)N(C)C1CCCC(C)C1. The molecular formula is C16H32N2O. The molecule has 4 unspecified atom stereocenters. The molecule has 0 spiro atoms. The maximum Gasteiger partial charge on any atom is 0.225 e. The van der Waals surface area contributed by atoms with Crippen molar-refractivity contribution in [1.29, 1.82) is 0 Å². The highest BCUT2D eigenvalue weighted by atomic mass is 16.2. The molecule has 4 atom stereocenters. The minimum Gasteiger partial charge on any atom is -0.343 e. The normalized spacial score (nSPS) is 26.8. The lowest BCUT2D eigenvalue weighted by Gasteiger charge is -2.35. The molecule has 3 nitrogen and oxygen atoms in total. The number of nitrogens with zero attached hydrogens (tertiary/aromatic N) is 1. The summed E-state index contributed by atoms with van der Waals surface area (Å²) in [6.45, 7) is 6.39. The first-order valence-electron chi connectivity index (χ1n) is 7.94. The first-order chi connectivity index (χ1) is 8.91. The van der Waals surface area contributed by atoms with Gasteiger partial charge in [0.15, 0.2) is 0 Å². The molecule has 1 fully saturated rings. The monoisotopic (exact) mass is 268 g/mol. The number of carbonyl (C=O) groups is 1. The molecule has 0 aliphatic heterocycles. The quantitative estimate of drug-likeness (QED) is 0.804. The second-order valence-corrected chi connectivity index (χ2v) is 6.68. The Hall–Kier alpha value is -0.570. The number of amides is 1. The zero-order chi connectivity index (χ0) is 14.4. The van der Waals surface area contributed by atoms with Crippen LogP contribution in [-0.4, -0.2) is 29.9 Å². The average molecular weight is 268 g/mol. The first kappa shape index (κ1) is 16.5. The van der Waals surface area contributed by atoms with Crippen LogP contribution in [0, 0.1) is 11.8 Å². The molecule has 0 radical (unpaired) electrons. The second-order valence-electron chi connectivity index (χ2n) is 6.68.